The summed E-state index contributed by atoms with van der Waals surface area (Å²) >= 11 is 0. The second-order valence-corrected chi connectivity index (χ2v) is 6.21. The molecular weight excluding hydrogens is 316 g/mol. The number of rotatable bonds is 5. The fraction of sp³-hybridized carbons (Fsp3) is 0.368. The Balaban J connectivity index is 1.47. The number of piperidine rings is 1. The van der Waals surface area contributed by atoms with Crippen molar-refractivity contribution in [3.05, 3.63) is 60.3 Å². The van der Waals surface area contributed by atoms with E-state index >= 15 is 0 Å². The topological polar surface area (TPSA) is 77.5 Å². The molecule has 1 saturated heterocycles. The van der Waals surface area contributed by atoms with Gasteiger partial charge in [0, 0.05) is 25.3 Å². The summed E-state index contributed by atoms with van der Waals surface area (Å²) in [5, 5.41) is 15.4. The van der Waals surface area contributed by atoms with Crippen molar-refractivity contribution in [2.75, 3.05) is 24.6 Å². The average molecular weight is 340 g/mol. The van der Waals surface area contributed by atoms with E-state index in [1.165, 1.54) is 0 Å². The van der Waals surface area contributed by atoms with Crippen LogP contribution in [0.5, 0.6) is 0 Å². The molecule has 6 heteroatoms. The number of hydrogen-bond donors (Lipinski definition) is 3. The first-order valence-corrected chi connectivity index (χ1v) is 8.65. The van der Waals surface area contributed by atoms with Crippen LogP contribution in [0, 0.1) is 0 Å². The molecule has 2 aromatic rings. The highest BCUT2D eigenvalue weighted by Gasteiger charge is 2.22. The minimum atomic E-state index is -0.394. The summed E-state index contributed by atoms with van der Waals surface area (Å²) in [4.78, 5) is 18.8. The Morgan fingerprint density at radius 3 is 2.52 bits per heavy atom. The van der Waals surface area contributed by atoms with Gasteiger partial charge in [0.05, 0.1) is 12.6 Å². The maximum atomic E-state index is 12.2. The van der Waals surface area contributed by atoms with E-state index in [2.05, 4.69) is 20.5 Å². The fourth-order valence-electron chi connectivity index (χ4n) is 3.10. The van der Waals surface area contributed by atoms with E-state index < -0.39 is 6.04 Å². The van der Waals surface area contributed by atoms with Gasteiger partial charge >= 0.3 is 6.03 Å². The summed E-state index contributed by atoms with van der Waals surface area (Å²) < 4.78 is 0. The smallest absolute Gasteiger partial charge is 0.315 e. The van der Waals surface area contributed by atoms with Crippen molar-refractivity contribution in [3.63, 3.8) is 0 Å². The zero-order chi connectivity index (χ0) is 17.5. The van der Waals surface area contributed by atoms with Crippen LogP contribution in [0.15, 0.2) is 54.7 Å². The first-order chi connectivity index (χ1) is 12.3. The van der Waals surface area contributed by atoms with E-state index in [-0.39, 0.29) is 18.7 Å². The van der Waals surface area contributed by atoms with E-state index in [9.17, 15) is 9.90 Å². The molecule has 0 bridgehead atoms. The quantitative estimate of drug-likeness (QED) is 0.779. The number of aromatic nitrogens is 1. The first kappa shape index (κ1) is 17.2. The van der Waals surface area contributed by atoms with E-state index in [0.717, 1.165) is 37.3 Å². The van der Waals surface area contributed by atoms with Crippen molar-refractivity contribution in [2.24, 2.45) is 0 Å². The van der Waals surface area contributed by atoms with Gasteiger partial charge < -0.3 is 20.6 Å². The summed E-state index contributed by atoms with van der Waals surface area (Å²) in [6.07, 6.45) is 3.55. The Morgan fingerprint density at radius 2 is 1.88 bits per heavy atom. The molecule has 6 nitrogen and oxygen atoms in total. The molecule has 0 aliphatic carbocycles. The monoisotopic (exact) mass is 340 g/mol. The van der Waals surface area contributed by atoms with Crippen LogP contribution < -0.4 is 15.5 Å². The highest BCUT2D eigenvalue weighted by Crippen LogP contribution is 2.17. The number of urea groups is 1. The molecule has 25 heavy (non-hydrogen) atoms. The third-order valence-electron chi connectivity index (χ3n) is 4.49. The Hall–Kier alpha value is -2.60. The Kier molecular flexibility index (Phi) is 5.85. The van der Waals surface area contributed by atoms with Crippen molar-refractivity contribution >= 4 is 11.8 Å². The third-order valence-corrected chi connectivity index (χ3v) is 4.49. The Labute approximate surface area is 147 Å². The second-order valence-electron chi connectivity index (χ2n) is 6.21. The van der Waals surface area contributed by atoms with Crippen LogP contribution in [0.3, 0.4) is 0 Å². The van der Waals surface area contributed by atoms with Crippen molar-refractivity contribution in [3.8, 4) is 0 Å². The number of aliphatic hydroxyl groups is 1. The Morgan fingerprint density at radius 1 is 1.16 bits per heavy atom. The number of nitrogens with one attached hydrogen (secondary N) is 2. The van der Waals surface area contributed by atoms with Gasteiger partial charge in [-0.2, -0.15) is 0 Å². The predicted molar refractivity (Wildman–Crippen MR) is 97.4 cm³/mol. The lowest BCUT2D eigenvalue weighted by Crippen LogP contribution is -2.49. The van der Waals surface area contributed by atoms with Crippen LogP contribution in [-0.4, -0.2) is 41.9 Å². The van der Waals surface area contributed by atoms with Crippen molar-refractivity contribution in [1.82, 2.24) is 15.6 Å². The zero-order valence-electron chi connectivity index (χ0n) is 14.1. The van der Waals surface area contributed by atoms with Crippen molar-refractivity contribution in [2.45, 2.75) is 24.9 Å². The van der Waals surface area contributed by atoms with Crippen LogP contribution >= 0.6 is 0 Å². The summed E-state index contributed by atoms with van der Waals surface area (Å²) in [7, 11) is 0. The molecule has 1 aliphatic rings. The highest BCUT2D eigenvalue weighted by molar-refractivity contribution is 5.74. The molecule has 0 saturated carbocycles. The van der Waals surface area contributed by atoms with E-state index in [0.29, 0.717) is 0 Å². The molecule has 2 heterocycles. The maximum Gasteiger partial charge on any atom is 0.315 e. The van der Waals surface area contributed by atoms with Crippen molar-refractivity contribution in [1.29, 1.82) is 0 Å². The Bertz CT molecular complexity index is 658. The van der Waals surface area contributed by atoms with Crippen LogP contribution in [0.2, 0.25) is 0 Å². The molecule has 0 radical (unpaired) electrons. The lowest BCUT2D eigenvalue weighted by Gasteiger charge is -2.33. The summed E-state index contributed by atoms with van der Waals surface area (Å²) in [5.41, 5.74) is 0.894. The van der Waals surface area contributed by atoms with Crippen LogP contribution in [-0.2, 0) is 0 Å². The zero-order valence-corrected chi connectivity index (χ0v) is 14.1. The van der Waals surface area contributed by atoms with Gasteiger partial charge in [0.1, 0.15) is 5.82 Å². The standard InChI is InChI=1S/C19H24N4O2/c24-14-17(15-6-2-1-3-7-15)22-19(25)21-16-9-12-23(13-10-16)18-8-4-5-11-20-18/h1-8,11,16-17,24H,9-10,12-14H2,(H2,21,22,25)/t17-/m1/s1. The van der Waals surface area contributed by atoms with E-state index in [1.54, 1.807) is 6.20 Å². The molecule has 0 spiro atoms. The molecule has 1 atom stereocenters. The van der Waals surface area contributed by atoms with Gasteiger partial charge in [-0.25, -0.2) is 9.78 Å². The predicted octanol–water partition coefficient (Wildman–Crippen LogP) is 2.08. The average Bonchev–Trinajstić information content (AvgIpc) is 2.68. The van der Waals surface area contributed by atoms with Gasteiger partial charge in [0.2, 0.25) is 0 Å². The molecule has 1 aromatic heterocycles. The molecule has 2 amide bonds. The molecular formula is C19H24N4O2. The number of nitrogens with zero attached hydrogens (tertiary/aromatic N) is 2. The summed E-state index contributed by atoms with van der Waals surface area (Å²) in [6, 6.07) is 14.9. The number of amides is 2. The van der Waals surface area contributed by atoms with Gasteiger partial charge in [-0.1, -0.05) is 36.4 Å². The van der Waals surface area contributed by atoms with Gasteiger partial charge in [-0.05, 0) is 30.5 Å². The van der Waals surface area contributed by atoms with Gasteiger partial charge in [-0.15, -0.1) is 0 Å². The molecule has 3 N–H and O–H groups in total. The second kappa shape index (κ2) is 8.48. The van der Waals surface area contributed by atoms with Crippen LogP contribution in [0.4, 0.5) is 10.6 Å². The molecule has 132 valence electrons. The van der Waals surface area contributed by atoms with Gasteiger partial charge in [-0.3, -0.25) is 0 Å². The summed E-state index contributed by atoms with van der Waals surface area (Å²) in [5.74, 6) is 0.981. The summed E-state index contributed by atoms with van der Waals surface area (Å²) in [6.45, 7) is 1.60. The number of hydrogen-bond acceptors (Lipinski definition) is 4. The molecule has 1 aliphatic heterocycles. The number of carbonyl (C=O) groups excluding carboxylic acids is 1. The third kappa shape index (κ3) is 4.70. The molecule has 0 unspecified atom stereocenters. The maximum absolute atomic E-state index is 12.2. The molecule has 1 fully saturated rings. The number of benzene rings is 1. The highest BCUT2D eigenvalue weighted by atomic mass is 16.3. The van der Waals surface area contributed by atoms with Gasteiger partial charge in [0.25, 0.3) is 0 Å². The van der Waals surface area contributed by atoms with E-state index in [1.807, 2.05) is 48.5 Å². The SMILES string of the molecule is O=C(NC1CCN(c2ccccn2)CC1)N[C@H](CO)c1ccccc1. The lowest BCUT2D eigenvalue weighted by molar-refractivity contribution is 0.212. The lowest BCUT2D eigenvalue weighted by atomic mass is 10.1. The molecule has 3 rings (SSSR count). The number of pyridine rings is 1. The minimum Gasteiger partial charge on any atom is -0.394 e. The first-order valence-electron chi connectivity index (χ1n) is 8.65. The molecule has 1 aromatic carbocycles. The van der Waals surface area contributed by atoms with Crippen LogP contribution in [0.1, 0.15) is 24.4 Å². The van der Waals surface area contributed by atoms with E-state index in [4.69, 9.17) is 0 Å². The normalized spacial score (nSPS) is 16.3. The van der Waals surface area contributed by atoms with Crippen molar-refractivity contribution < 1.29 is 9.90 Å². The number of anilines is 1. The fourth-order valence-corrected chi connectivity index (χ4v) is 3.10. The largest absolute Gasteiger partial charge is 0.394 e. The minimum absolute atomic E-state index is 0.129. The number of carbonyl (C=O) groups is 1. The van der Waals surface area contributed by atoms with Gasteiger partial charge in [0.15, 0.2) is 0 Å². The van der Waals surface area contributed by atoms with Crippen LogP contribution in [0.25, 0.3) is 0 Å². The number of aliphatic hydroxyl groups excluding tert-OH is 1.